The van der Waals surface area contributed by atoms with Crippen molar-refractivity contribution >= 4 is 17.5 Å². The van der Waals surface area contributed by atoms with Gasteiger partial charge in [0.25, 0.3) is 0 Å². The highest BCUT2D eigenvalue weighted by Crippen LogP contribution is 2.61. The summed E-state index contributed by atoms with van der Waals surface area (Å²) < 4.78 is 0. The molecular formula is C20H26O5. The van der Waals surface area contributed by atoms with E-state index in [9.17, 15) is 24.6 Å². The Hall–Kier alpha value is -1.91. The van der Waals surface area contributed by atoms with Crippen LogP contribution < -0.4 is 0 Å². The molecule has 25 heavy (non-hydrogen) atoms. The van der Waals surface area contributed by atoms with Gasteiger partial charge in [-0.25, -0.2) is 0 Å². The zero-order valence-electron chi connectivity index (χ0n) is 15.3. The number of aliphatic hydroxyl groups is 1. The molecule has 0 amide bonds. The molecule has 1 saturated carbocycles. The topological polar surface area (TPSA) is 91.7 Å². The van der Waals surface area contributed by atoms with Gasteiger partial charge in [0, 0.05) is 22.1 Å². The number of rotatable bonds is 2. The predicted octanol–water partition coefficient (Wildman–Crippen LogP) is 3.59. The molecular weight excluding hydrogens is 320 g/mol. The highest BCUT2D eigenvalue weighted by Gasteiger charge is 2.59. The highest BCUT2D eigenvalue weighted by atomic mass is 16.4. The summed E-state index contributed by atoms with van der Waals surface area (Å²) in [7, 11) is 0. The van der Waals surface area contributed by atoms with Crippen molar-refractivity contribution in [2.45, 2.75) is 59.8 Å². The van der Waals surface area contributed by atoms with Crippen molar-refractivity contribution in [3.63, 3.8) is 0 Å². The Bertz CT molecular complexity index is 741. The van der Waals surface area contributed by atoms with Gasteiger partial charge in [0.1, 0.15) is 5.76 Å². The van der Waals surface area contributed by atoms with Crippen LogP contribution in [0.2, 0.25) is 0 Å². The first kappa shape index (κ1) is 17.9. The molecule has 0 aromatic heterocycles. The lowest BCUT2D eigenvalue weighted by atomic mass is 9.48. The molecule has 3 aliphatic rings. The minimum Gasteiger partial charge on any atom is -0.507 e. The lowest BCUT2D eigenvalue weighted by molar-refractivity contribution is -0.159. The van der Waals surface area contributed by atoms with E-state index in [2.05, 4.69) is 0 Å². The molecule has 5 heteroatoms. The minimum atomic E-state index is -0.910. The summed E-state index contributed by atoms with van der Waals surface area (Å²) in [5.74, 6) is -2.50. The molecule has 5 nitrogen and oxygen atoms in total. The van der Waals surface area contributed by atoms with Crippen LogP contribution in [-0.2, 0) is 14.4 Å². The zero-order valence-corrected chi connectivity index (χ0v) is 15.3. The SMILES string of the molecule is CC(C)C1=C(O)C2=C(C(=O)C1=O)[C@@]1(C)CCC[C@@](C)(C(=O)O)C1CC2. The maximum absolute atomic E-state index is 13.0. The van der Waals surface area contributed by atoms with Crippen LogP contribution in [0.4, 0.5) is 0 Å². The van der Waals surface area contributed by atoms with Gasteiger partial charge in [-0.3, -0.25) is 14.4 Å². The van der Waals surface area contributed by atoms with E-state index in [1.807, 2.05) is 6.92 Å². The van der Waals surface area contributed by atoms with Gasteiger partial charge in [-0.2, -0.15) is 0 Å². The van der Waals surface area contributed by atoms with Crippen LogP contribution >= 0.6 is 0 Å². The smallest absolute Gasteiger partial charge is 0.309 e. The third-order valence-electron chi connectivity index (χ3n) is 6.77. The van der Waals surface area contributed by atoms with E-state index in [1.165, 1.54) is 0 Å². The average molecular weight is 346 g/mol. The van der Waals surface area contributed by atoms with Gasteiger partial charge in [-0.05, 0) is 44.4 Å². The van der Waals surface area contributed by atoms with E-state index < -0.39 is 28.4 Å². The Labute approximate surface area is 147 Å². The van der Waals surface area contributed by atoms with Crippen molar-refractivity contribution in [1.82, 2.24) is 0 Å². The van der Waals surface area contributed by atoms with Gasteiger partial charge in [-0.15, -0.1) is 0 Å². The molecule has 0 heterocycles. The third kappa shape index (κ3) is 2.24. The number of carbonyl (C=O) groups is 3. The summed E-state index contributed by atoms with van der Waals surface area (Å²) in [6.07, 6.45) is 2.99. The first-order chi connectivity index (χ1) is 11.6. The molecule has 3 atom stereocenters. The lowest BCUT2D eigenvalue weighted by Gasteiger charge is -2.54. The number of fused-ring (bicyclic) bond motifs is 2. The fourth-order valence-electron chi connectivity index (χ4n) is 5.50. The maximum atomic E-state index is 13.0. The van der Waals surface area contributed by atoms with Crippen LogP contribution in [0, 0.1) is 22.7 Å². The Morgan fingerprint density at radius 1 is 1.16 bits per heavy atom. The van der Waals surface area contributed by atoms with Gasteiger partial charge in [0.05, 0.1) is 5.41 Å². The summed E-state index contributed by atoms with van der Waals surface area (Å²) in [6.45, 7) is 7.24. The lowest BCUT2D eigenvalue weighted by Crippen LogP contribution is -2.53. The van der Waals surface area contributed by atoms with Gasteiger partial charge in [0.2, 0.25) is 11.6 Å². The van der Waals surface area contributed by atoms with Crippen molar-refractivity contribution < 1.29 is 24.6 Å². The fourth-order valence-corrected chi connectivity index (χ4v) is 5.50. The van der Waals surface area contributed by atoms with Crippen LogP contribution in [0.25, 0.3) is 0 Å². The summed E-state index contributed by atoms with van der Waals surface area (Å²) >= 11 is 0. The minimum absolute atomic E-state index is 0.0446. The number of carboxylic acid groups (broad SMARTS) is 1. The van der Waals surface area contributed by atoms with E-state index in [1.54, 1.807) is 20.8 Å². The quantitative estimate of drug-likeness (QED) is 0.589. The second kappa shape index (κ2) is 5.55. The molecule has 1 fully saturated rings. The van der Waals surface area contributed by atoms with Crippen LogP contribution in [0.1, 0.15) is 59.8 Å². The Kier molecular flexibility index (Phi) is 3.97. The number of aliphatic carboxylic acids is 1. The number of Topliss-reactive ketones (excluding diaryl/α,β-unsaturated/α-hetero) is 2. The molecule has 2 N–H and O–H groups in total. The number of aliphatic hydroxyl groups excluding tert-OH is 1. The van der Waals surface area contributed by atoms with Gasteiger partial charge < -0.3 is 10.2 Å². The zero-order chi connectivity index (χ0) is 18.7. The van der Waals surface area contributed by atoms with Crippen LogP contribution in [0.15, 0.2) is 22.5 Å². The largest absolute Gasteiger partial charge is 0.507 e. The molecule has 1 unspecified atom stereocenters. The average Bonchev–Trinajstić information content (AvgIpc) is 2.51. The molecule has 3 rings (SSSR count). The molecule has 0 aromatic carbocycles. The number of hydrogen-bond donors (Lipinski definition) is 2. The van der Waals surface area contributed by atoms with E-state index in [0.29, 0.717) is 43.3 Å². The number of hydrogen-bond acceptors (Lipinski definition) is 4. The third-order valence-corrected chi connectivity index (χ3v) is 6.77. The monoisotopic (exact) mass is 346 g/mol. The molecule has 3 aliphatic carbocycles. The van der Waals surface area contributed by atoms with E-state index in [0.717, 1.165) is 0 Å². The second-order valence-corrected chi connectivity index (χ2v) is 8.51. The van der Waals surface area contributed by atoms with E-state index >= 15 is 0 Å². The number of carbonyl (C=O) groups excluding carboxylic acids is 2. The predicted molar refractivity (Wildman–Crippen MR) is 92.0 cm³/mol. The second-order valence-electron chi connectivity index (χ2n) is 8.51. The molecule has 0 saturated heterocycles. The van der Waals surface area contributed by atoms with Gasteiger partial charge in [-0.1, -0.05) is 27.2 Å². The molecule has 0 aliphatic heterocycles. The summed E-state index contributed by atoms with van der Waals surface area (Å²) in [5.41, 5.74) is -0.443. The van der Waals surface area contributed by atoms with Crippen molar-refractivity contribution in [3.8, 4) is 0 Å². The number of ketones is 2. The van der Waals surface area contributed by atoms with Gasteiger partial charge in [0.15, 0.2) is 0 Å². The Balaban J connectivity index is 2.21. The van der Waals surface area contributed by atoms with Crippen molar-refractivity contribution in [2.24, 2.45) is 22.7 Å². The first-order valence-corrected chi connectivity index (χ1v) is 9.05. The van der Waals surface area contributed by atoms with Crippen LogP contribution in [0.5, 0.6) is 0 Å². The van der Waals surface area contributed by atoms with Gasteiger partial charge >= 0.3 is 5.97 Å². The summed E-state index contributed by atoms with van der Waals surface area (Å²) in [5, 5.41) is 20.5. The molecule has 0 spiro atoms. The summed E-state index contributed by atoms with van der Waals surface area (Å²) in [6, 6.07) is 0. The van der Waals surface area contributed by atoms with Crippen molar-refractivity contribution in [1.29, 1.82) is 0 Å². The summed E-state index contributed by atoms with van der Waals surface area (Å²) in [4.78, 5) is 37.5. The van der Waals surface area contributed by atoms with E-state index in [4.69, 9.17) is 0 Å². The van der Waals surface area contributed by atoms with Crippen molar-refractivity contribution in [2.75, 3.05) is 0 Å². The number of allylic oxidation sites excluding steroid dienone is 3. The standard InChI is InChI=1S/C20H26O5/c1-10(2)13-15(21)11-6-7-12-19(3,14(11)17(23)16(13)22)8-5-9-20(12,4)18(24)25/h10,12,21H,5-9H2,1-4H3,(H,24,25)/t12?,19-,20+/m0/s1. The molecule has 0 bridgehead atoms. The molecule has 0 radical (unpaired) electrons. The normalized spacial score (nSPS) is 35.8. The first-order valence-electron chi connectivity index (χ1n) is 9.05. The van der Waals surface area contributed by atoms with Crippen LogP contribution in [0.3, 0.4) is 0 Å². The maximum Gasteiger partial charge on any atom is 0.309 e. The number of carboxylic acids is 1. The molecule has 0 aromatic rings. The Morgan fingerprint density at radius 2 is 1.80 bits per heavy atom. The van der Waals surface area contributed by atoms with Crippen LogP contribution in [-0.4, -0.2) is 27.7 Å². The fraction of sp³-hybridized carbons (Fsp3) is 0.650. The van der Waals surface area contributed by atoms with E-state index in [-0.39, 0.29) is 23.2 Å². The molecule has 136 valence electrons. The highest BCUT2D eigenvalue weighted by molar-refractivity contribution is 6.50. The Morgan fingerprint density at radius 3 is 2.36 bits per heavy atom. The van der Waals surface area contributed by atoms with Crippen molar-refractivity contribution in [3.05, 3.63) is 22.5 Å².